The highest BCUT2D eigenvalue weighted by atomic mass is 16.3. The highest BCUT2D eigenvalue weighted by Gasteiger charge is 2.24. The molecule has 4 N–H and O–H groups in total. The van der Waals surface area contributed by atoms with E-state index < -0.39 is 11.8 Å². The van der Waals surface area contributed by atoms with Gasteiger partial charge in [0.15, 0.2) is 0 Å². The SMILES string of the molecule is CCCC(=O)N(CC(=O)Nc1cc(C(N)=O)ccc1C(C)(C)C)c1ccc(C)c(O)c1C. The molecule has 2 rings (SSSR count). The molecule has 7 nitrogen and oxygen atoms in total. The number of nitrogens with zero attached hydrogens (tertiary/aromatic N) is 1. The van der Waals surface area contributed by atoms with E-state index in [2.05, 4.69) is 5.32 Å². The molecule has 0 fully saturated rings. The van der Waals surface area contributed by atoms with Crippen LogP contribution in [0.5, 0.6) is 5.75 Å². The summed E-state index contributed by atoms with van der Waals surface area (Å²) in [5.74, 6) is -1.12. The lowest BCUT2D eigenvalue weighted by Gasteiger charge is -2.27. The van der Waals surface area contributed by atoms with E-state index in [1.165, 1.54) is 4.90 Å². The fourth-order valence-electron chi connectivity index (χ4n) is 3.56. The maximum absolute atomic E-state index is 13.0. The van der Waals surface area contributed by atoms with E-state index >= 15 is 0 Å². The molecule has 172 valence electrons. The van der Waals surface area contributed by atoms with Crippen molar-refractivity contribution in [3.05, 3.63) is 52.6 Å². The average Bonchev–Trinajstić information content (AvgIpc) is 2.70. The first-order chi connectivity index (χ1) is 14.9. The third kappa shape index (κ3) is 5.66. The third-order valence-corrected chi connectivity index (χ3v) is 5.35. The number of hydrogen-bond donors (Lipinski definition) is 3. The number of phenolic OH excluding ortho intramolecular Hbond substituents is 1. The molecule has 0 radical (unpaired) electrons. The van der Waals surface area contributed by atoms with Crippen molar-refractivity contribution in [2.24, 2.45) is 5.73 Å². The fourth-order valence-corrected chi connectivity index (χ4v) is 3.56. The minimum atomic E-state index is -0.591. The van der Waals surface area contributed by atoms with Crippen molar-refractivity contribution >= 4 is 29.1 Å². The summed E-state index contributed by atoms with van der Waals surface area (Å²) >= 11 is 0. The minimum Gasteiger partial charge on any atom is -0.507 e. The summed E-state index contributed by atoms with van der Waals surface area (Å²) in [7, 11) is 0. The minimum absolute atomic E-state index is 0.0985. The number of rotatable bonds is 7. The molecule has 3 amide bonds. The Bertz CT molecular complexity index is 1040. The van der Waals surface area contributed by atoms with Crippen LogP contribution in [0.25, 0.3) is 0 Å². The zero-order valence-electron chi connectivity index (χ0n) is 19.7. The molecule has 2 aromatic carbocycles. The Hall–Kier alpha value is -3.35. The van der Waals surface area contributed by atoms with Gasteiger partial charge in [-0.05, 0) is 55.0 Å². The van der Waals surface area contributed by atoms with Crippen LogP contribution in [0.1, 0.15) is 67.6 Å². The number of carbonyl (C=O) groups excluding carboxylic acids is 3. The van der Waals surface area contributed by atoms with E-state index in [0.29, 0.717) is 28.9 Å². The van der Waals surface area contributed by atoms with Crippen LogP contribution in [-0.2, 0) is 15.0 Å². The van der Waals surface area contributed by atoms with E-state index in [1.807, 2.05) is 27.7 Å². The number of hydrogen-bond acceptors (Lipinski definition) is 4. The predicted molar refractivity (Wildman–Crippen MR) is 127 cm³/mol. The average molecular weight is 440 g/mol. The Morgan fingerprint density at radius 3 is 2.31 bits per heavy atom. The Morgan fingerprint density at radius 2 is 1.75 bits per heavy atom. The van der Waals surface area contributed by atoms with Gasteiger partial charge in [0.05, 0.1) is 5.69 Å². The molecule has 0 bridgehead atoms. The van der Waals surface area contributed by atoms with Gasteiger partial charge in [0.2, 0.25) is 17.7 Å². The second-order valence-electron chi connectivity index (χ2n) is 9.03. The van der Waals surface area contributed by atoms with E-state index in [-0.39, 0.29) is 35.6 Å². The number of aryl methyl sites for hydroxylation is 1. The number of amides is 3. The second-order valence-corrected chi connectivity index (χ2v) is 9.03. The Labute approximate surface area is 189 Å². The molecule has 0 atom stereocenters. The monoisotopic (exact) mass is 439 g/mol. The molecule has 32 heavy (non-hydrogen) atoms. The smallest absolute Gasteiger partial charge is 0.248 e. The molecular weight excluding hydrogens is 406 g/mol. The summed E-state index contributed by atoms with van der Waals surface area (Å²) in [5.41, 5.74) is 8.44. The van der Waals surface area contributed by atoms with E-state index in [4.69, 9.17) is 5.73 Å². The van der Waals surface area contributed by atoms with Crippen LogP contribution in [0.4, 0.5) is 11.4 Å². The normalized spacial score (nSPS) is 11.2. The van der Waals surface area contributed by atoms with Crippen molar-refractivity contribution in [2.75, 3.05) is 16.8 Å². The summed E-state index contributed by atoms with van der Waals surface area (Å²) in [6.45, 7) is 11.1. The Kier molecular flexibility index (Phi) is 7.67. The van der Waals surface area contributed by atoms with Crippen molar-refractivity contribution in [1.29, 1.82) is 0 Å². The zero-order valence-corrected chi connectivity index (χ0v) is 19.7. The molecule has 2 aromatic rings. The van der Waals surface area contributed by atoms with Gasteiger partial charge in [0.1, 0.15) is 12.3 Å². The number of benzene rings is 2. The highest BCUT2D eigenvalue weighted by molar-refractivity contribution is 6.04. The quantitative estimate of drug-likeness (QED) is 0.601. The lowest BCUT2D eigenvalue weighted by Crippen LogP contribution is -2.38. The van der Waals surface area contributed by atoms with Gasteiger partial charge >= 0.3 is 0 Å². The molecular formula is C25H33N3O4. The van der Waals surface area contributed by atoms with Gasteiger partial charge < -0.3 is 21.1 Å². The maximum Gasteiger partial charge on any atom is 0.248 e. The third-order valence-electron chi connectivity index (χ3n) is 5.35. The molecule has 0 unspecified atom stereocenters. The molecule has 0 saturated heterocycles. The van der Waals surface area contributed by atoms with Crippen LogP contribution < -0.4 is 16.0 Å². The fraction of sp³-hybridized carbons (Fsp3) is 0.400. The van der Waals surface area contributed by atoms with Crippen molar-refractivity contribution in [3.63, 3.8) is 0 Å². The first-order valence-corrected chi connectivity index (χ1v) is 10.7. The van der Waals surface area contributed by atoms with Crippen LogP contribution in [0.15, 0.2) is 30.3 Å². The Morgan fingerprint density at radius 1 is 1.09 bits per heavy atom. The number of nitrogens with one attached hydrogen (secondary N) is 1. The van der Waals surface area contributed by atoms with Crippen LogP contribution in [0, 0.1) is 13.8 Å². The lowest BCUT2D eigenvalue weighted by atomic mass is 9.85. The molecule has 0 spiro atoms. The lowest BCUT2D eigenvalue weighted by molar-refractivity contribution is -0.121. The second kappa shape index (κ2) is 9.85. The molecule has 0 heterocycles. The van der Waals surface area contributed by atoms with Crippen molar-refractivity contribution in [1.82, 2.24) is 0 Å². The van der Waals surface area contributed by atoms with Crippen molar-refractivity contribution in [2.45, 2.75) is 59.8 Å². The molecule has 0 aliphatic heterocycles. The van der Waals surface area contributed by atoms with E-state index in [9.17, 15) is 19.5 Å². The summed E-state index contributed by atoms with van der Waals surface area (Å²) in [4.78, 5) is 38.9. The maximum atomic E-state index is 13.0. The summed E-state index contributed by atoms with van der Waals surface area (Å²) in [6.07, 6.45) is 0.897. The van der Waals surface area contributed by atoms with Gasteiger partial charge in [-0.25, -0.2) is 0 Å². The standard InChI is InChI=1S/C25H33N3O4/c1-7-8-22(30)28(20-12-9-15(2)23(31)16(20)3)14-21(29)27-19-13-17(24(26)32)10-11-18(19)25(4,5)6/h9-13,31H,7-8,14H2,1-6H3,(H2,26,32)(H,27,29). The molecule has 0 saturated carbocycles. The molecule has 0 aromatic heterocycles. The topological polar surface area (TPSA) is 113 Å². The first kappa shape index (κ1) is 24.9. The highest BCUT2D eigenvalue weighted by Crippen LogP contribution is 2.32. The molecule has 0 aliphatic rings. The summed E-state index contributed by atoms with van der Waals surface area (Å²) in [5, 5.41) is 13.2. The number of phenols is 1. The number of anilines is 2. The van der Waals surface area contributed by atoms with Crippen LogP contribution in [0.2, 0.25) is 0 Å². The van der Waals surface area contributed by atoms with Gasteiger partial charge in [-0.3, -0.25) is 14.4 Å². The number of carbonyl (C=O) groups is 3. The predicted octanol–water partition coefficient (Wildman–Crippen LogP) is 4.18. The van der Waals surface area contributed by atoms with Crippen LogP contribution >= 0.6 is 0 Å². The number of aromatic hydroxyl groups is 1. The van der Waals surface area contributed by atoms with Gasteiger partial charge in [-0.1, -0.05) is 39.8 Å². The van der Waals surface area contributed by atoms with Crippen molar-refractivity contribution in [3.8, 4) is 5.75 Å². The number of nitrogens with two attached hydrogens (primary N) is 1. The summed E-state index contributed by atoms with van der Waals surface area (Å²) in [6, 6.07) is 8.42. The van der Waals surface area contributed by atoms with Gasteiger partial charge in [0.25, 0.3) is 0 Å². The largest absolute Gasteiger partial charge is 0.507 e. The zero-order chi connectivity index (χ0) is 24.2. The molecule has 0 aliphatic carbocycles. The first-order valence-electron chi connectivity index (χ1n) is 10.7. The Balaban J connectivity index is 2.41. The van der Waals surface area contributed by atoms with Gasteiger partial charge in [-0.15, -0.1) is 0 Å². The van der Waals surface area contributed by atoms with E-state index in [0.717, 1.165) is 5.56 Å². The van der Waals surface area contributed by atoms with Crippen molar-refractivity contribution < 1.29 is 19.5 Å². The van der Waals surface area contributed by atoms with Crippen LogP contribution in [-0.4, -0.2) is 29.4 Å². The molecule has 7 heteroatoms. The summed E-state index contributed by atoms with van der Waals surface area (Å²) < 4.78 is 0. The van der Waals surface area contributed by atoms with Crippen LogP contribution in [0.3, 0.4) is 0 Å². The van der Waals surface area contributed by atoms with E-state index in [1.54, 1.807) is 44.2 Å². The van der Waals surface area contributed by atoms with Gasteiger partial charge in [-0.2, -0.15) is 0 Å². The van der Waals surface area contributed by atoms with Gasteiger partial charge in [0, 0.05) is 23.2 Å². The number of primary amides is 1.